The molecule has 0 bridgehead atoms. The van der Waals surface area contributed by atoms with Crippen molar-refractivity contribution in [3.63, 3.8) is 0 Å². The van der Waals surface area contributed by atoms with Crippen molar-refractivity contribution in [2.24, 2.45) is 0 Å². The Morgan fingerprint density at radius 3 is 2.67 bits per heavy atom. The van der Waals surface area contributed by atoms with Crippen molar-refractivity contribution in [2.75, 3.05) is 45.3 Å². The lowest BCUT2D eigenvalue weighted by Gasteiger charge is -2.31. The lowest BCUT2D eigenvalue weighted by molar-refractivity contribution is -0.384. The van der Waals surface area contributed by atoms with Gasteiger partial charge in [0.25, 0.3) is 11.6 Å². The van der Waals surface area contributed by atoms with Crippen LogP contribution in [0.3, 0.4) is 0 Å². The first-order chi connectivity index (χ1) is 11.5. The zero-order chi connectivity index (χ0) is 17.5. The molecule has 1 aromatic rings. The fourth-order valence-electron chi connectivity index (χ4n) is 2.97. The number of hydrogen-bond acceptors (Lipinski definition) is 5. The maximum atomic E-state index is 12.8. The van der Waals surface area contributed by atoms with Gasteiger partial charge in [-0.2, -0.15) is 0 Å². The first kappa shape index (κ1) is 18.2. The van der Waals surface area contributed by atoms with Crippen LogP contribution >= 0.6 is 0 Å². The van der Waals surface area contributed by atoms with Crippen molar-refractivity contribution >= 4 is 17.3 Å². The summed E-state index contributed by atoms with van der Waals surface area (Å²) in [6.45, 7) is 2.89. The van der Waals surface area contributed by atoms with Gasteiger partial charge in [0.2, 0.25) is 0 Å². The summed E-state index contributed by atoms with van der Waals surface area (Å²) in [5.41, 5.74) is 1.15. The zero-order valence-corrected chi connectivity index (χ0v) is 14.4. The summed E-state index contributed by atoms with van der Waals surface area (Å²) < 4.78 is 5.01. The molecule has 24 heavy (non-hydrogen) atoms. The molecule has 1 aliphatic rings. The maximum Gasteiger partial charge on any atom is 0.270 e. The molecule has 1 fully saturated rings. The van der Waals surface area contributed by atoms with Gasteiger partial charge in [-0.1, -0.05) is 0 Å². The number of non-ortho nitro benzene ring substituents is 1. The topological polar surface area (TPSA) is 75.9 Å². The Kier molecular flexibility index (Phi) is 6.54. The number of anilines is 1. The third kappa shape index (κ3) is 4.44. The van der Waals surface area contributed by atoms with Crippen molar-refractivity contribution in [1.82, 2.24) is 4.90 Å². The van der Waals surface area contributed by atoms with E-state index in [9.17, 15) is 14.9 Å². The zero-order valence-electron chi connectivity index (χ0n) is 14.4. The lowest BCUT2D eigenvalue weighted by atomic mass is 10.1. The molecule has 132 valence electrons. The van der Waals surface area contributed by atoms with Gasteiger partial charge in [0.05, 0.1) is 16.2 Å². The molecule has 0 spiro atoms. The Bertz CT molecular complexity index is 585. The molecule has 7 nitrogen and oxygen atoms in total. The van der Waals surface area contributed by atoms with Crippen LogP contribution in [0.1, 0.15) is 36.0 Å². The first-order valence-corrected chi connectivity index (χ1v) is 8.32. The number of ether oxygens (including phenoxy) is 1. The molecule has 1 heterocycles. The lowest BCUT2D eigenvalue weighted by Crippen LogP contribution is -2.34. The molecule has 0 unspecified atom stereocenters. The van der Waals surface area contributed by atoms with Crippen LogP contribution in [0.5, 0.6) is 0 Å². The Balaban J connectivity index is 2.27. The molecule has 1 amide bonds. The van der Waals surface area contributed by atoms with E-state index in [-0.39, 0.29) is 11.6 Å². The minimum atomic E-state index is -0.457. The van der Waals surface area contributed by atoms with Crippen LogP contribution in [-0.2, 0) is 4.74 Å². The third-order valence-electron chi connectivity index (χ3n) is 4.31. The highest BCUT2D eigenvalue weighted by Crippen LogP contribution is 2.29. The molecule has 1 saturated heterocycles. The number of nitro groups is 1. The van der Waals surface area contributed by atoms with Gasteiger partial charge in [0.15, 0.2) is 0 Å². The quantitative estimate of drug-likeness (QED) is 0.435. The Morgan fingerprint density at radius 2 is 2.04 bits per heavy atom. The van der Waals surface area contributed by atoms with Gasteiger partial charge in [-0.25, -0.2) is 0 Å². The number of rotatable bonds is 7. The van der Waals surface area contributed by atoms with Crippen LogP contribution in [0, 0.1) is 10.1 Å². The second-order valence-corrected chi connectivity index (χ2v) is 6.08. The standard InChI is InChI=1S/C17H25N3O4/c1-18(9-6-12-24-2)17(21)15-13-14(20(22)23)7-8-16(15)19-10-4-3-5-11-19/h7-8,13H,3-6,9-12H2,1-2H3. The number of benzene rings is 1. The van der Waals surface area contributed by atoms with Gasteiger partial charge >= 0.3 is 0 Å². The van der Waals surface area contributed by atoms with E-state index in [1.807, 2.05) is 0 Å². The SMILES string of the molecule is COCCCN(C)C(=O)c1cc([N+](=O)[O-])ccc1N1CCCCC1. The minimum Gasteiger partial charge on any atom is -0.385 e. The molecule has 7 heteroatoms. The summed E-state index contributed by atoms with van der Waals surface area (Å²) in [6.07, 6.45) is 4.07. The second kappa shape index (κ2) is 8.63. The van der Waals surface area contributed by atoms with E-state index in [1.54, 1.807) is 25.1 Å². The summed E-state index contributed by atoms with van der Waals surface area (Å²) in [5, 5.41) is 11.1. The highest BCUT2D eigenvalue weighted by molar-refractivity contribution is 6.00. The summed E-state index contributed by atoms with van der Waals surface area (Å²) in [7, 11) is 3.34. The van der Waals surface area contributed by atoms with E-state index in [4.69, 9.17) is 4.74 Å². The molecule has 2 rings (SSSR count). The number of nitro benzene ring substituents is 1. The summed E-state index contributed by atoms with van der Waals surface area (Å²) in [5.74, 6) is -0.185. The Morgan fingerprint density at radius 1 is 1.33 bits per heavy atom. The number of piperidine rings is 1. The second-order valence-electron chi connectivity index (χ2n) is 6.08. The molecular weight excluding hydrogens is 310 g/mol. The van der Waals surface area contributed by atoms with E-state index < -0.39 is 4.92 Å². The minimum absolute atomic E-state index is 0.0515. The maximum absolute atomic E-state index is 12.8. The number of methoxy groups -OCH3 is 1. The fraction of sp³-hybridized carbons (Fsp3) is 0.588. The number of carbonyl (C=O) groups is 1. The Hall–Kier alpha value is -2.15. The van der Waals surface area contributed by atoms with Crippen molar-refractivity contribution in [3.05, 3.63) is 33.9 Å². The largest absolute Gasteiger partial charge is 0.385 e. The summed E-state index contributed by atoms with van der Waals surface area (Å²) in [6, 6.07) is 4.59. The molecule has 0 aliphatic carbocycles. The predicted octanol–water partition coefficient (Wildman–Crippen LogP) is 2.69. The highest BCUT2D eigenvalue weighted by atomic mass is 16.6. The summed E-state index contributed by atoms with van der Waals surface area (Å²) >= 11 is 0. The van der Waals surface area contributed by atoms with E-state index >= 15 is 0 Å². The average molecular weight is 335 g/mol. The van der Waals surface area contributed by atoms with Crippen LogP contribution in [0.4, 0.5) is 11.4 Å². The predicted molar refractivity (Wildman–Crippen MR) is 92.6 cm³/mol. The van der Waals surface area contributed by atoms with Crippen molar-refractivity contribution < 1.29 is 14.5 Å². The van der Waals surface area contributed by atoms with Crippen molar-refractivity contribution in [3.8, 4) is 0 Å². The van der Waals surface area contributed by atoms with Gasteiger partial charge in [0.1, 0.15) is 0 Å². The van der Waals surface area contributed by atoms with E-state index in [2.05, 4.69) is 4.90 Å². The van der Waals surface area contributed by atoms with Crippen LogP contribution in [0.2, 0.25) is 0 Å². The normalized spacial score (nSPS) is 14.5. The van der Waals surface area contributed by atoms with Gasteiger partial charge in [-0.05, 0) is 31.7 Å². The molecule has 1 aromatic carbocycles. The average Bonchev–Trinajstić information content (AvgIpc) is 2.61. The van der Waals surface area contributed by atoms with Gasteiger partial charge in [-0.3, -0.25) is 14.9 Å². The van der Waals surface area contributed by atoms with Crippen LogP contribution in [0.15, 0.2) is 18.2 Å². The molecule has 0 saturated carbocycles. The smallest absolute Gasteiger partial charge is 0.270 e. The van der Waals surface area contributed by atoms with Gasteiger partial charge < -0.3 is 14.5 Å². The van der Waals surface area contributed by atoms with E-state index in [0.29, 0.717) is 18.7 Å². The molecule has 0 aromatic heterocycles. The van der Waals surface area contributed by atoms with Gasteiger partial charge in [-0.15, -0.1) is 0 Å². The van der Waals surface area contributed by atoms with Crippen molar-refractivity contribution in [2.45, 2.75) is 25.7 Å². The highest BCUT2D eigenvalue weighted by Gasteiger charge is 2.23. The van der Waals surface area contributed by atoms with Crippen LogP contribution < -0.4 is 4.90 Å². The number of amides is 1. The van der Waals surface area contributed by atoms with Crippen molar-refractivity contribution in [1.29, 1.82) is 0 Å². The first-order valence-electron chi connectivity index (χ1n) is 8.32. The van der Waals surface area contributed by atoms with Crippen LogP contribution in [0.25, 0.3) is 0 Å². The molecule has 0 atom stereocenters. The molecule has 0 radical (unpaired) electrons. The molecular formula is C17H25N3O4. The Labute approximate surface area is 142 Å². The fourth-order valence-corrected chi connectivity index (χ4v) is 2.97. The van der Waals surface area contributed by atoms with E-state index in [1.165, 1.54) is 18.6 Å². The van der Waals surface area contributed by atoms with E-state index in [0.717, 1.165) is 38.0 Å². The van der Waals surface area contributed by atoms with Crippen LogP contribution in [-0.4, -0.2) is 56.1 Å². The number of carbonyl (C=O) groups excluding carboxylic acids is 1. The van der Waals surface area contributed by atoms with Gasteiger partial charge in [0, 0.05) is 52.5 Å². The molecule has 1 aliphatic heterocycles. The number of hydrogen-bond donors (Lipinski definition) is 0. The summed E-state index contributed by atoms with van der Waals surface area (Å²) in [4.78, 5) is 27.2. The monoisotopic (exact) mass is 335 g/mol. The molecule has 0 N–H and O–H groups in total. The number of nitrogens with zero attached hydrogens (tertiary/aromatic N) is 3. The third-order valence-corrected chi connectivity index (χ3v) is 4.31.